The molecule has 7 nitrogen and oxygen atoms in total. The van der Waals surface area contributed by atoms with Crippen molar-refractivity contribution in [2.45, 2.75) is 12.8 Å². The molecule has 0 aromatic heterocycles. The normalized spacial score (nSPS) is 13.0. The van der Waals surface area contributed by atoms with Gasteiger partial charge in [0.15, 0.2) is 6.61 Å². The summed E-state index contributed by atoms with van der Waals surface area (Å²) in [6.45, 7) is -0.0626. The third-order valence-corrected chi connectivity index (χ3v) is 4.08. The number of fused-ring (bicyclic) bond motifs is 1. The molecule has 1 aliphatic rings. The summed E-state index contributed by atoms with van der Waals surface area (Å²) >= 11 is 0. The van der Waals surface area contributed by atoms with Crippen LogP contribution in [0.4, 0.5) is 15.8 Å². The molecular formula is C18H15FN2O5. The molecule has 0 atom stereocenters. The van der Waals surface area contributed by atoms with Crippen LogP contribution in [0.1, 0.15) is 22.3 Å². The van der Waals surface area contributed by atoms with Gasteiger partial charge in [-0.2, -0.15) is 0 Å². The highest BCUT2D eigenvalue weighted by molar-refractivity contribution is 5.98. The molecule has 0 aliphatic carbocycles. The Hall–Kier alpha value is -3.29. The number of rotatable bonds is 4. The fourth-order valence-corrected chi connectivity index (χ4v) is 2.86. The summed E-state index contributed by atoms with van der Waals surface area (Å²) in [5.41, 5.74) is 1.27. The average Bonchev–Trinajstić information content (AvgIpc) is 2.64. The third-order valence-electron chi connectivity index (χ3n) is 4.08. The highest BCUT2D eigenvalue weighted by Gasteiger charge is 2.25. The minimum atomic E-state index is -0.793. The first-order chi connectivity index (χ1) is 12.5. The molecule has 2 aromatic carbocycles. The van der Waals surface area contributed by atoms with E-state index >= 15 is 0 Å². The number of amides is 1. The summed E-state index contributed by atoms with van der Waals surface area (Å²) in [6, 6.07) is 9.32. The van der Waals surface area contributed by atoms with E-state index in [2.05, 4.69) is 0 Å². The standard InChI is InChI=1S/C18H15FN2O5/c19-14-5-1-3-13(9-14)18(23)26-11-17(22)20-8-2-4-12-10-15(21(24)25)6-7-16(12)20/h1,3,5-7,9-10H,2,4,8,11H2. The number of aryl methyl sites for hydroxylation is 1. The van der Waals surface area contributed by atoms with Gasteiger partial charge in [-0.1, -0.05) is 6.07 Å². The Morgan fingerprint density at radius 1 is 1.23 bits per heavy atom. The number of non-ortho nitro benzene ring substituents is 1. The number of carbonyl (C=O) groups is 2. The topological polar surface area (TPSA) is 89.8 Å². The van der Waals surface area contributed by atoms with Gasteiger partial charge < -0.3 is 9.64 Å². The minimum Gasteiger partial charge on any atom is -0.452 e. The van der Waals surface area contributed by atoms with Crippen LogP contribution in [-0.4, -0.2) is 30.0 Å². The number of hydrogen-bond donors (Lipinski definition) is 0. The first kappa shape index (κ1) is 17.5. The Morgan fingerprint density at radius 2 is 2.04 bits per heavy atom. The molecule has 8 heteroatoms. The Balaban J connectivity index is 1.69. The van der Waals surface area contributed by atoms with Crippen LogP contribution in [0.15, 0.2) is 42.5 Å². The van der Waals surface area contributed by atoms with Gasteiger partial charge in [0.05, 0.1) is 10.5 Å². The summed E-state index contributed by atoms with van der Waals surface area (Å²) in [5, 5.41) is 10.9. The Labute approximate surface area is 148 Å². The molecule has 0 N–H and O–H groups in total. The van der Waals surface area contributed by atoms with Gasteiger partial charge >= 0.3 is 5.97 Å². The molecule has 2 aromatic rings. The molecular weight excluding hydrogens is 343 g/mol. The van der Waals surface area contributed by atoms with Crippen molar-refractivity contribution in [3.05, 3.63) is 69.5 Å². The molecule has 3 rings (SSSR count). The van der Waals surface area contributed by atoms with Gasteiger partial charge in [-0.05, 0) is 42.7 Å². The molecule has 0 radical (unpaired) electrons. The lowest BCUT2D eigenvalue weighted by Crippen LogP contribution is -2.38. The number of esters is 1. The zero-order valence-electron chi connectivity index (χ0n) is 13.7. The molecule has 0 saturated carbocycles. The number of benzene rings is 2. The Bertz CT molecular complexity index is 884. The van der Waals surface area contributed by atoms with Crippen molar-refractivity contribution in [3.8, 4) is 0 Å². The van der Waals surface area contributed by atoms with Gasteiger partial charge in [0.2, 0.25) is 0 Å². The van der Waals surface area contributed by atoms with Crippen LogP contribution < -0.4 is 4.90 Å². The molecule has 1 heterocycles. The van der Waals surface area contributed by atoms with Gasteiger partial charge in [-0.25, -0.2) is 9.18 Å². The van der Waals surface area contributed by atoms with Crippen molar-refractivity contribution in [2.75, 3.05) is 18.1 Å². The van der Waals surface area contributed by atoms with Crippen molar-refractivity contribution < 1.29 is 23.6 Å². The molecule has 1 amide bonds. The third kappa shape index (κ3) is 3.69. The average molecular weight is 358 g/mol. The fourth-order valence-electron chi connectivity index (χ4n) is 2.86. The first-order valence-corrected chi connectivity index (χ1v) is 7.96. The van der Waals surface area contributed by atoms with E-state index in [0.29, 0.717) is 30.6 Å². The molecule has 0 unspecified atom stereocenters. The molecule has 1 aliphatic heterocycles. The lowest BCUT2D eigenvalue weighted by atomic mass is 10.0. The zero-order chi connectivity index (χ0) is 18.7. The van der Waals surface area contributed by atoms with Crippen LogP contribution in [-0.2, 0) is 16.0 Å². The Kier molecular flexibility index (Phi) is 4.92. The first-order valence-electron chi connectivity index (χ1n) is 7.96. The summed E-state index contributed by atoms with van der Waals surface area (Å²) in [7, 11) is 0. The smallest absolute Gasteiger partial charge is 0.338 e. The maximum Gasteiger partial charge on any atom is 0.338 e. The zero-order valence-corrected chi connectivity index (χ0v) is 13.7. The van der Waals surface area contributed by atoms with Crippen molar-refractivity contribution in [1.29, 1.82) is 0 Å². The molecule has 0 saturated heterocycles. The van der Waals surface area contributed by atoms with Crippen LogP contribution in [0.2, 0.25) is 0 Å². The van der Waals surface area contributed by atoms with E-state index in [1.54, 1.807) is 0 Å². The minimum absolute atomic E-state index is 0.0208. The van der Waals surface area contributed by atoms with Crippen molar-refractivity contribution in [2.24, 2.45) is 0 Å². The van der Waals surface area contributed by atoms with E-state index in [1.165, 1.54) is 41.3 Å². The fraction of sp³-hybridized carbons (Fsp3) is 0.222. The Morgan fingerprint density at radius 3 is 2.77 bits per heavy atom. The van der Waals surface area contributed by atoms with E-state index < -0.39 is 29.2 Å². The van der Waals surface area contributed by atoms with E-state index in [4.69, 9.17) is 4.74 Å². The predicted molar refractivity (Wildman–Crippen MR) is 90.5 cm³/mol. The molecule has 26 heavy (non-hydrogen) atoms. The summed E-state index contributed by atoms with van der Waals surface area (Å²) in [5.74, 6) is -1.80. The van der Waals surface area contributed by atoms with Gasteiger partial charge in [0, 0.05) is 24.4 Å². The second-order valence-electron chi connectivity index (χ2n) is 5.81. The maximum atomic E-state index is 13.1. The monoisotopic (exact) mass is 358 g/mol. The van der Waals surface area contributed by atoms with E-state index in [0.717, 1.165) is 6.07 Å². The second kappa shape index (κ2) is 7.30. The van der Waals surface area contributed by atoms with Crippen LogP contribution in [0.5, 0.6) is 0 Å². The quantitative estimate of drug-likeness (QED) is 0.476. The molecule has 0 spiro atoms. The number of ether oxygens (including phenoxy) is 1. The van der Waals surface area contributed by atoms with Gasteiger partial charge in [-0.15, -0.1) is 0 Å². The summed E-state index contributed by atoms with van der Waals surface area (Å²) < 4.78 is 18.1. The summed E-state index contributed by atoms with van der Waals surface area (Å²) in [6.07, 6.45) is 1.28. The lowest BCUT2D eigenvalue weighted by molar-refractivity contribution is -0.384. The number of halogens is 1. The lowest BCUT2D eigenvalue weighted by Gasteiger charge is -2.29. The predicted octanol–water partition coefficient (Wildman–Crippen LogP) is 2.87. The second-order valence-corrected chi connectivity index (χ2v) is 5.81. The van der Waals surface area contributed by atoms with Gasteiger partial charge in [0.25, 0.3) is 11.6 Å². The van der Waals surface area contributed by atoms with E-state index in [9.17, 15) is 24.1 Å². The van der Waals surface area contributed by atoms with E-state index in [-0.39, 0.29) is 11.3 Å². The largest absolute Gasteiger partial charge is 0.452 e. The number of nitro benzene ring substituents is 1. The van der Waals surface area contributed by atoms with Crippen LogP contribution >= 0.6 is 0 Å². The van der Waals surface area contributed by atoms with E-state index in [1.807, 2.05) is 0 Å². The van der Waals surface area contributed by atoms with Crippen LogP contribution in [0.3, 0.4) is 0 Å². The van der Waals surface area contributed by atoms with Gasteiger partial charge in [-0.3, -0.25) is 14.9 Å². The van der Waals surface area contributed by atoms with Crippen molar-refractivity contribution in [1.82, 2.24) is 0 Å². The van der Waals surface area contributed by atoms with Gasteiger partial charge in [0.1, 0.15) is 5.82 Å². The maximum absolute atomic E-state index is 13.1. The highest BCUT2D eigenvalue weighted by atomic mass is 19.1. The number of anilines is 1. The number of nitrogens with zero attached hydrogens (tertiary/aromatic N) is 2. The molecule has 0 bridgehead atoms. The van der Waals surface area contributed by atoms with Crippen LogP contribution in [0.25, 0.3) is 0 Å². The number of nitro groups is 1. The van der Waals surface area contributed by atoms with Crippen molar-refractivity contribution >= 4 is 23.3 Å². The SMILES string of the molecule is O=C(OCC(=O)N1CCCc2cc([N+](=O)[O-])ccc21)c1cccc(F)c1. The summed E-state index contributed by atoms with van der Waals surface area (Å²) in [4.78, 5) is 36.2. The van der Waals surface area contributed by atoms with Crippen molar-refractivity contribution in [3.63, 3.8) is 0 Å². The molecule has 134 valence electrons. The molecule has 0 fully saturated rings. The van der Waals surface area contributed by atoms with Crippen LogP contribution in [0, 0.1) is 15.9 Å². The number of carbonyl (C=O) groups excluding carboxylic acids is 2. The highest BCUT2D eigenvalue weighted by Crippen LogP contribution is 2.30. The number of hydrogen-bond acceptors (Lipinski definition) is 5.